The van der Waals surface area contributed by atoms with Gasteiger partial charge in [-0.25, -0.2) is 0 Å². The number of hydrogen-bond donors (Lipinski definition) is 2. The third kappa shape index (κ3) is 4.24. The summed E-state index contributed by atoms with van der Waals surface area (Å²) in [5.74, 6) is -0.974. The van der Waals surface area contributed by atoms with Crippen molar-refractivity contribution in [2.24, 2.45) is 5.73 Å². The van der Waals surface area contributed by atoms with Crippen LogP contribution < -0.4 is 15.8 Å². The highest BCUT2D eigenvalue weighted by atomic mass is 35.5. The molecule has 6 nitrogen and oxygen atoms in total. The maximum absolute atomic E-state index is 12.2. The number of benzene rings is 2. The van der Waals surface area contributed by atoms with Crippen LogP contribution in [0.15, 0.2) is 42.5 Å². The number of amides is 2. The van der Waals surface area contributed by atoms with Crippen molar-refractivity contribution in [1.29, 1.82) is 5.26 Å². The van der Waals surface area contributed by atoms with Gasteiger partial charge in [0.25, 0.3) is 11.8 Å². The minimum atomic E-state index is -0.894. The smallest absolute Gasteiger partial charge is 0.265 e. The van der Waals surface area contributed by atoms with Crippen LogP contribution in [-0.4, -0.2) is 17.9 Å². The average molecular weight is 344 g/mol. The van der Waals surface area contributed by atoms with E-state index >= 15 is 0 Å². The Hall–Kier alpha value is -3.04. The molecule has 0 fully saturated rings. The fourth-order valence-electron chi connectivity index (χ4n) is 1.95. The summed E-state index contributed by atoms with van der Waals surface area (Å²) in [6.07, 6.45) is -0.894. The van der Waals surface area contributed by atoms with Crippen molar-refractivity contribution in [3.63, 3.8) is 0 Å². The first-order valence-corrected chi connectivity index (χ1v) is 7.35. The van der Waals surface area contributed by atoms with Crippen molar-refractivity contribution in [2.45, 2.75) is 13.0 Å². The lowest BCUT2D eigenvalue weighted by atomic mass is 10.2. The van der Waals surface area contributed by atoms with Crippen LogP contribution >= 0.6 is 11.6 Å². The molecule has 2 aromatic carbocycles. The summed E-state index contributed by atoms with van der Waals surface area (Å²) in [6, 6.07) is 12.9. The van der Waals surface area contributed by atoms with E-state index in [4.69, 9.17) is 27.3 Å². The molecule has 0 bridgehead atoms. The second kappa shape index (κ2) is 7.49. The number of hydrogen-bond acceptors (Lipinski definition) is 4. The third-order valence-electron chi connectivity index (χ3n) is 3.14. The summed E-state index contributed by atoms with van der Waals surface area (Å²) in [5.41, 5.74) is 6.27. The number of nitrogens with two attached hydrogens (primary N) is 1. The minimum Gasteiger partial charge on any atom is -0.480 e. The molecule has 7 heteroatoms. The predicted molar refractivity (Wildman–Crippen MR) is 89.8 cm³/mol. The molecular formula is C17H14ClN3O3. The zero-order valence-electron chi connectivity index (χ0n) is 12.7. The van der Waals surface area contributed by atoms with Gasteiger partial charge in [-0.05, 0) is 43.3 Å². The number of nitriles is 1. The monoisotopic (exact) mass is 343 g/mol. The number of halogens is 1. The molecule has 24 heavy (non-hydrogen) atoms. The summed E-state index contributed by atoms with van der Waals surface area (Å²) in [4.78, 5) is 23.6. The lowest BCUT2D eigenvalue weighted by Gasteiger charge is -2.16. The number of rotatable bonds is 5. The SMILES string of the molecule is CC(Oc1ccc(Cl)cc1C(N)=O)C(=O)Nc1cccc(C#N)c1. The average Bonchev–Trinajstić information content (AvgIpc) is 2.56. The highest BCUT2D eigenvalue weighted by Crippen LogP contribution is 2.24. The van der Waals surface area contributed by atoms with Crippen LogP contribution in [0.5, 0.6) is 5.75 Å². The van der Waals surface area contributed by atoms with E-state index in [1.54, 1.807) is 24.3 Å². The van der Waals surface area contributed by atoms with Gasteiger partial charge in [-0.15, -0.1) is 0 Å². The second-order valence-electron chi connectivity index (χ2n) is 4.95. The van der Waals surface area contributed by atoms with Gasteiger partial charge >= 0.3 is 0 Å². The molecule has 0 saturated carbocycles. The van der Waals surface area contributed by atoms with Gasteiger partial charge in [-0.3, -0.25) is 9.59 Å². The molecule has 122 valence electrons. The third-order valence-corrected chi connectivity index (χ3v) is 3.37. The van der Waals surface area contributed by atoms with Crippen LogP contribution in [0.3, 0.4) is 0 Å². The van der Waals surface area contributed by atoms with Gasteiger partial charge in [-0.1, -0.05) is 17.7 Å². The van der Waals surface area contributed by atoms with Gasteiger partial charge in [0.05, 0.1) is 17.2 Å². The Balaban J connectivity index is 2.12. The molecule has 2 amide bonds. The van der Waals surface area contributed by atoms with E-state index in [1.165, 1.54) is 25.1 Å². The lowest BCUT2D eigenvalue weighted by molar-refractivity contribution is -0.122. The molecule has 0 aliphatic carbocycles. The number of nitrogens with zero attached hydrogens (tertiary/aromatic N) is 1. The van der Waals surface area contributed by atoms with Crippen LogP contribution in [0, 0.1) is 11.3 Å². The summed E-state index contributed by atoms with van der Waals surface area (Å²) in [7, 11) is 0. The van der Waals surface area contributed by atoms with E-state index in [2.05, 4.69) is 5.32 Å². The van der Waals surface area contributed by atoms with Gasteiger partial charge in [0, 0.05) is 10.7 Å². The lowest BCUT2D eigenvalue weighted by Crippen LogP contribution is -2.31. The maximum atomic E-state index is 12.2. The van der Waals surface area contributed by atoms with Crippen LogP contribution in [0.25, 0.3) is 0 Å². The van der Waals surface area contributed by atoms with Gasteiger partial charge in [0.2, 0.25) is 0 Å². The van der Waals surface area contributed by atoms with Gasteiger partial charge < -0.3 is 15.8 Å². The van der Waals surface area contributed by atoms with Crippen molar-refractivity contribution < 1.29 is 14.3 Å². The Morgan fingerprint density at radius 1 is 1.29 bits per heavy atom. The minimum absolute atomic E-state index is 0.0913. The maximum Gasteiger partial charge on any atom is 0.265 e. The first-order valence-electron chi connectivity index (χ1n) is 6.97. The summed E-state index contributed by atoms with van der Waals surface area (Å²) in [6.45, 7) is 1.53. The number of anilines is 1. The van der Waals surface area contributed by atoms with Crippen molar-refractivity contribution in [1.82, 2.24) is 0 Å². The second-order valence-corrected chi connectivity index (χ2v) is 5.38. The zero-order chi connectivity index (χ0) is 17.7. The predicted octanol–water partition coefficient (Wildman–Crippen LogP) is 2.72. The molecule has 0 spiro atoms. The van der Waals surface area contributed by atoms with Crippen LogP contribution in [-0.2, 0) is 4.79 Å². The Morgan fingerprint density at radius 2 is 2.04 bits per heavy atom. The molecule has 0 aliphatic heterocycles. The first kappa shape index (κ1) is 17.3. The van der Waals surface area contributed by atoms with Crippen molar-refractivity contribution in [2.75, 3.05) is 5.32 Å². The molecule has 0 heterocycles. The summed E-state index contributed by atoms with van der Waals surface area (Å²) < 4.78 is 5.52. The quantitative estimate of drug-likeness (QED) is 0.870. The molecule has 0 radical (unpaired) electrons. The highest BCUT2D eigenvalue weighted by molar-refractivity contribution is 6.31. The van der Waals surface area contributed by atoms with Gasteiger partial charge in [0.15, 0.2) is 6.10 Å². The highest BCUT2D eigenvalue weighted by Gasteiger charge is 2.18. The largest absolute Gasteiger partial charge is 0.480 e. The van der Waals surface area contributed by atoms with E-state index in [-0.39, 0.29) is 11.3 Å². The van der Waals surface area contributed by atoms with Crippen LogP contribution in [0.4, 0.5) is 5.69 Å². The van der Waals surface area contributed by atoms with Crippen molar-refractivity contribution in [3.05, 3.63) is 58.6 Å². The topological polar surface area (TPSA) is 105 Å². The molecule has 1 unspecified atom stereocenters. The molecule has 2 aromatic rings. The number of ether oxygens (including phenoxy) is 1. The molecule has 0 saturated heterocycles. The number of carbonyl (C=O) groups excluding carboxylic acids is 2. The number of carbonyl (C=O) groups is 2. The Labute approximate surface area is 143 Å². The fourth-order valence-corrected chi connectivity index (χ4v) is 2.12. The van der Waals surface area contributed by atoms with Crippen molar-refractivity contribution in [3.8, 4) is 11.8 Å². The Morgan fingerprint density at radius 3 is 2.71 bits per heavy atom. The van der Waals surface area contributed by atoms with Crippen molar-refractivity contribution >= 4 is 29.1 Å². The normalized spacial score (nSPS) is 11.2. The fraction of sp³-hybridized carbons (Fsp3) is 0.118. The standard InChI is InChI=1S/C17H14ClN3O3/c1-10(17(23)21-13-4-2-3-11(7-13)9-19)24-15-6-5-12(18)8-14(15)16(20)22/h2-8,10H,1H3,(H2,20,22)(H,21,23). The van der Waals surface area contributed by atoms with E-state index in [0.29, 0.717) is 16.3 Å². The summed E-state index contributed by atoms with van der Waals surface area (Å²) in [5, 5.41) is 11.8. The van der Waals surface area contributed by atoms with Gasteiger partial charge in [0.1, 0.15) is 5.75 Å². The molecule has 1 atom stereocenters. The van der Waals surface area contributed by atoms with E-state index in [0.717, 1.165) is 0 Å². The van der Waals surface area contributed by atoms with E-state index in [9.17, 15) is 9.59 Å². The summed E-state index contributed by atoms with van der Waals surface area (Å²) >= 11 is 5.83. The van der Waals surface area contributed by atoms with E-state index < -0.39 is 17.9 Å². The Kier molecular flexibility index (Phi) is 5.40. The Bertz CT molecular complexity index is 830. The molecule has 0 aromatic heterocycles. The first-order chi connectivity index (χ1) is 11.4. The van der Waals surface area contributed by atoms with E-state index in [1.807, 2.05) is 6.07 Å². The number of nitrogens with one attached hydrogen (secondary N) is 1. The number of primary amides is 1. The van der Waals surface area contributed by atoms with Gasteiger partial charge in [-0.2, -0.15) is 5.26 Å². The van der Waals surface area contributed by atoms with Crippen LogP contribution in [0.1, 0.15) is 22.8 Å². The molecule has 0 aliphatic rings. The molecule has 3 N–H and O–H groups in total. The molecular weight excluding hydrogens is 330 g/mol. The zero-order valence-corrected chi connectivity index (χ0v) is 13.5. The molecule has 2 rings (SSSR count). The van der Waals surface area contributed by atoms with Crippen LogP contribution in [0.2, 0.25) is 5.02 Å².